The number of halogens is 1. The fourth-order valence-corrected chi connectivity index (χ4v) is 4.81. The summed E-state index contributed by atoms with van der Waals surface area (Å²) in [6.07, 6.45) is 0. The Morgan fingerprint density at radius 1 is 1.25 bits per heavy atom. The quantitative estimate of drug-likeness (QED) is 0.354. The van der Waals surface area contributed by atoms with Gasteiger partial charge in [-0.25, -0.2) is 9.37 Å². The van der Waals surface area contributed by atoms with Gasteiger partial charge in [0.15, 0.2) is 5.16 Å². The predicted molar refractivity (Wildman–Crippen MR) is 111 cm³/mol. The summed E-state index contributed by atoms with van der Waals surface area (Å²) in [4.78, 5) is 18.3. The highest BCUT2D eigenvalue weighted by Crippen LogP contribution is 2.32. The smallest absolute Gasteiger partial charge is 0.263 e. The molecule has 0 saturated carbocycles. The van der Waals surface area contributed by atoms with Crippen LogP contribution in [-0.4, -0.2) is 9.55 Å². The minimum absolute atomic E-state index is 0.126. The van der Waals surface area contributed by atoms with Gasteiger partial charge in [0.05, 0.1) is 17.0 Å². The van der Waals surface area contributed by atoms with E-state index in [1.54, 1.807) is 29.8 Å². The zero-order chi connectivity index (χ0) is 19.7. The molecule has 0 aliphatic heterocycles. The molecule has 0 atom stereocenters. The zero-order valence-corrected chi connectivity index (χ0v) is 16.5. The Labute approximate surface area is 168 Å². The van der Waals surface area contributed by atoms with Crippen molar-refractivity contribution in [1.82, 2.24) is 9.55 Å². The summed E-state index contributed by atoms with van der Waals surface area (Å²) < 4.78 is 14.8. The van der Waals surface area contributed by atoms with Gasteiger partial charge in [0.2, 0.25) is 0 Å². The number of hydrogen-bond donors (Lipinski definition) is 0. The molecule has 0 aliphatic carbocycles. The van der Waals surface area contributed by atoms with Crippen LogP contribution in [-0.2, 0) is 12.8 Å². The lowest BCUT2D eigenvalue weighted by molar-refractivity contribution is 0.628. The minimum atomic E-state index is -0.312. The van der Waals surface area contributed by atoms with Crippen molar-refractivity contribution in [3.63, 3.8) is 0 Å². The molecule has 0 amide bonds. The van der Waals surface area contributed by atoms with Crippen molar-refractivity contribution in [2.24, 2.45) is 7.05 Å². The first-order valence-corrected chi connectivity index (χ1v) is 10.3. The van der Waals surface area contributed by atoms with Crippen LogP contribution in [0.25, 0.3) is 21.3 Å². The predicted octanol–water partition coefficient (Wildman–Crippen LogP) is 4.97. The monoisotopic (exact) mass is 407 g/mol. The maximum absolute atomic E-state index is 13.2. The van der Waals surface area contributed by atoms with Gasteiger partial charge in [0.25, 0.3) is 5.56 Å². The van der Waals surface area contributed by atoms with Crippen LogP contribution in [0.3, 0.4) is 0 Å². The average molecular weight is 407 g/mol. The first kappa shape index (κ1) is 18.4. The molecule has 0 aliphatic rings. The summed E-state index contributed by atoms with van der Waals surface area (Å²) in [6.45, 7) is 0. The molecular formula is C21H14FN3OS2. The van der Waals surface area contributed by atoms with E-state index in [1.165, 1.54) is 35.2 Å². The number of thiophene rings is 1. The number of fused-ring (bicyclic) bond motifs is 1. The van der Waals surface area contributed by atoms with Gasteiger partial charge >= 0.3 is 0 Å². The third-order valence-corrected chi connectivity index (χ3v) is 6.33. The molecule has 138 valence electrons. The second-order valence-corrected chi connectivity index (χ2v) is 8.00. The largest absolute Gasteiger partial charge is 0.290 e. The molecule has 0 unspecified atom stereocenters. The summed E-state index contributed by atoms with van der Waals surface area (Å²) in [5.41, 5.74) is 3.04. The second-order valence-electron chi connectivity index (χ2n) is 6.20. The van der Waals surface area contributed by atoms with E-state index in [0.717, 1.165) is 16.7 Å². The number of rotatable bonds is 4. The number of aromatic nitrogens is 2. The van der Waals surface area contributed by atoms with Crippen molar-refractivity contribution in [3.05, 3.63) is 81.2 Å². The van der Waals surface area contributed by atoms with Crippen LogP contribution in [0.4, 0.5) is 4.39 Å². The summed E-state index contributed by atoms with van der Waals surface area (Å²) in [6, 6.07) is 15.6. The Bertz CT molecular complexity index is 1270. The number of benzene rings is 2. The van der Waals surface area contributed by atoms with Crippen molar-refractivity contribution < 1.29 is 4.39 Å². The summed E-state index contributed by atoms with van der Waals surface area (Å²) >= 11 is 2.86. The van der Waals surface area contributed by atoms with E-state index in [4.69, 9.17) is 5.26 Å². The van der Waals surface area contributed by atoms with Crippen LogP contribution in [0, 0.1) is 17.1 Å². The van der Waals surface area contributed by atoms with E-state index >= 15 is 0 Å². The van der Waals surface area contributed by atoms with E-state index in [0.29, 0.717) is 26.7 Å². The third kappa shape index (κ3) is 3.44. The van der Waals surface area contributed by atoms with Gasteiger partial charge in [-0.3, -0.25) is 9.36 Å². The molecule has 7 heteroatoms. The molecule has 4 rings (SSSR count). The Balaban J connectivity index is 1.70. The van der Waals surface area contributed by atoms with Crippen molar-refractivity contribution in [2.75, 3.05) is 0 Å². The Morgan fingerprint density at radius 2 is 2.04 bits per heavy atom. The van der Waals surface area contributed by atoms with Gasteiger partial charge in [0, 0.05) is 23.7 Å². The molecule has 0 N–H and O–H groups in total. The minimum Gasteiger partial charge on any atom is -0.290 e. The second kappa shape index (κ2) is 7.58. The third-order valence-electron chi connectivity index (χ3n) is 4.35. The van der Waals surface area contributed by atoms with E-state index in [9.17, 15) is 9.18 Å². The van der Waals surface area contributed by atoms with Crippen LogP contribution < -0.4 is 5.56 Å². The number of thioether (sulfide) groups is 1. The van der Waals surface area contributed by atoms with Crippen LogP contribution in [0.5, 0.6) is 0 Å². The molecule has 0 spiro atoms. The van der Waals surface area contributed by atoms with Crippen molar-refractivity contribution in [3.8, 4) is 17.2 Å². The van der Waals surface area contributed by atoms with Crippen molar-refractivity contribution in [1.29, 1.82) is 5.26 Å². The molecule has 2 aromatic heterocycles. The zero-order valence-electron chi connectivity index (χ0n) is 14.8. The lowest BCUT2D eigenvalue weighted by atomic mass is 10.1. The van der Waals surface area contributed by atoms with Gasteiger partial charge in [-0.05, 0) is 35.4 Å². The molecule has 0 fully saturated rings. The molecule has 4 nitrogen and oxygen atoms in total. The van der Waals surface area contributed by atoms with Gasteiger partial charge in [-0.1, -0.05) is 36.0 Å². The van der Waals surface area contributed by atoms with E-state index in [1.807, 2.05) is 23.6 Å². The van der Waals surface area contributed by atoms with Crippen LogP contribution >= 0.6 is 23.1 Å². The van der Waals surface area contributed by atoms with Gasteiger partial charge in [-0.2, -0.15) is 5.26 Å². The lowest BCUT2D eigenvalue weighted by Gasteiger charge is -2.08. The van der Waals surface area contributed by atoms with Gasteiger partial charge < -0.3 is 0 Å². The number of nitrogens with zero attached hydrogens (tertiary/aromatic N) is 3. The summed E-state index contributed by atoms with van der Waals surface area (Å²) in [5, 5.41) is 12.1. The standard InChI is InChI=1S/C21H14FN3OS2/c1-25-20(26)18-17(15-5-7-16(22)8-6-15)12-27-19(18)24-21(25)28-11-14-4-2-3-13(9-14)10-23/h2-9,12H,11H2,1H3. The highest BCUT2D eigenvalue weighted by atomic mass is 32.2. The molecule has 0 bridgehead atoms. The van der Waals surface area contributed by atoms with E-state index < -0.39 is 0 Å². The number of nitriles is 1. The molecule has 2 aromatic carbocycles. The topological polar surface area (TPSA) is 58.7 Å². The number of hydrogen-bond acceptors (Lipinski definition) is 5. The maximum Gasteiger partial charge on any atom is 0.263 e. The van der Waals surface area contributed by atoms with E-state index in [-0.39, 0.29) is 11.4 Å². The van der Waals surface area contributed by atoms with Gasteiger partial charge in [0.1, 0.15) is 10.6 Å². The fraction of sp³-hybridized carbons (Fsp3) is 0.0952. The highest BCUT2D eigenvalue weighted by Gasteiger charge is 2.16. The summed E-state index contributed by atoms with van der Waals surface area (Å²) in [7, 11) is 1.70. The lowest BCUT2D eigenvalue weighted by Crippen LogP contribution is -2.19. The van der Waals surface area contributed by atoms with E-state index in [2.05, 4.69) is 11.1 Å². The first-order valence-electron chi connectivity index (χ1n) is 8.43. The molecule has 4 aromatic rings. The van der Waals surface area contributed by atoms with Crippen LogP contribution in [0.1, 0.15) is 11.1 Å². The SMILES string of the molecule is Cn1c(SCc2cccc(C#N)c2)nc2scc(-c3ccc(F)cc3)c2c1=O. The van der Waals surface area contributed by atoms with Crippen LogP contribution in [0.15, 0.2) is 63.9 Å². The first-order chi connectivity index (χ1) is 13.6. The highest BCUT2D eigenvalue weighted by molar-refractivity contribution is 7.98. The fourth-order valence-electron chi connectivity index (χ4n) is 2.90. The normalized spacial score (nSPS) is 10.9. The summed E-state index contributed by atoms with van der Waals surface area (Å²) in [5.74, 6) is 0.297. The molecular weight excluding hydrogens is 393 g/mol. The Kier molecular flexibility index (Phi) is 4.99. The molecule has 0 radical (unpaired) electrons. The van der Waals surface area contributed by atoms with Gasteiger partial charge in [-0.15, -0.1) is 11.3 Å². The molecule has 0 saturated heterocycles. The molecule has 2 heterocycles. The average Bonchev–Trinajstić information content (AvgIpc) is 3.14. The van der Waals surface area contributed by atoms with Crippen molar-refractivity contribution >= 4 is 33.3 Å². The maximum atomic E-state index is 13.2. The van der Waals surface area contributed by atoms with Crippen LogP contribution in [0.2, 0.25) is 0 Å². The molecule has 28 heavy (non-hydrogen) atoms. The Morgan fingerprint density at radius 3 is 2.79 bits per heavy atom. The Hall–Kier alpha value is -2.95. The van der Waals surface area contributed by atoms with Crippen molar-refractivity contribution in [2.45, 2.75) is 10.9 Å².